The van der Waals surface area contributed by atoms with Crippen molar-refractivity contribution in [1.82, 2.24) is 19.7 Å². The highest BCUT2D eigenvalue weighted by atomic mass is 16.2. The van der Waals surface area contributed by atoms with Gasteiger partial charge in [0.2, 0.25) is 5.91 Å². The predicted octanol–water partition coefficient (Wildman–Crippen LogP) is 1.08. The molecule has 0 aromatic carbocycles. The van der Waals surface area contributed by atoms with Gasteiger partial charge in [-0.05, 0) is 33.2 Å². The highest BCUT2D eigenvalue weighted by Gasteiger charge is 2.11. The summed E-state index contributed by atoms with van der Waals surface area (Å²) in [7, 11) is 3.70. The van der Waals surface area contributed by atoms with Crippen LogP contribution in [0, 0.1) is 6.92 Å². The van der Waals surface area contributed by atoms with Crippen LogP contribution in [0.1, 0.15) is 5.69 Å². The highest BCUT2D eigenvalue weighted by molar-refractivity contribution is 5.91. The maximum Gasteiger partial charge on any atom is 0.239 e. The van der Waals surface area contributed by atoms with E-state index in [9.17, 15) is 4.79 Å². The largest absolute Gasteiger partial charge is 0.309 e. The average molecular weight is 259 g/mol. The van der Waals surface area contributed by atoms with Gasteiger partial charge in [-0.25, -0.2) is 4.98 Å². The molecule has 0 aliphatic heterocycles. The summed E-state index contributed by atoms with van der Waals surface area (Å²) in [5.41, 5.74) is 0.825. The number of nitrogens with one attached hydrogen (secondary N) is 1. The van der Waals surface area contributed by atoms with E-state index in [0.717, 1.165) is 5.69 Å². The summed E-state index contributed by atoms with van der Waals surface area (Å²) in [4.78, 5) is 17.8. The molecule has 0 atom stereocenters. The smallest absolute Gasteiger partial charge is 0.239 e. The first kappa shape index (κ1) is 13.2. The van der Waals surface area contributed by atoms with Gasteiger partial charge in [0, 0.05) is 12.3 Å². The van der Waals surface area contributed by atoms with Crippen molar-refractivity contribution in [3.05, 3.63) is 36.2 Å². The number of rotatable bonds is 4. The quantitative estimate of drug-likeness (QED) is 0.892. The summed E-state index contributed by atoms with van der Waals surface area (Å²) in [5, 5.41) is 7.18. The number of hydrogen-bond acceptors (Lipinski definition) is 4. The second-order valence-corrected chi connectivity index (χ2v) is 4.56. The van der Waals surface area contributed by atoms with Gasteiger partial charge in [-0.2, -0.15) is 9.78 Å². The first-order chi connectivity index (χ1) is 9.06. The van der Waals surface area contributed by atoms with E-state index in [1.807, 2.05) is 50.2 Å². The van der Waals surface area contributed by atoms with Crippen LogP contribution in [0.25, 0.3) is 5.82 Å². The second kappa shape index (κ2) is 5.62. The average Bonchev–Trinajstić information content (AvgIpc) is 2.70. The number of likely N-dealkylation sites (N-methyl/N-ethyl adjacent to an activating group) is 1. The zero-order chi connectivity index (χ0) is 13.8. The standard InChI is InChI=1S/C13H17N5O/c1-10-8-12(15-13(19)9-17(2)3)18(16-10)11-6-4-5-7-14-11/h4-8H,9H2,1-3H3,(H,15,19). The van der Waals surface area contributed by atoms with Crippen LogP contribution in [0.3, 0.4) is 0 Å². The summed E-state index contributed by atoms with van der Waals surface area (Å²) >= 11 is 0. The predicted molar refractivity (Wildman–Crippen MR) is 73.3 cm³/mol. The molecule has 1 amide bonds. The lowest BCUT2D eigenvalue weighted by atomic mass is 10.4. The minimum Gasteiger partial charge on any atom is -0.309 e. The van der Waals surface area contributed by atoms with E-state index in [4.69, 9.17) is 0 Å². The fourth-order valence-corrected chi connectivity index (χ4v) is 1.71. The molecule has 6 heteroatoms. The van der Waals surface area contributed by atoms with Crippen LogP contribution in [0.2, 0.25) is 0 Å². The lowest BCUT2D eigenvalue weighted by Crippen LogP contribution is -2.28. The number of carbonyl (C=O) groups is 1. The van der Waals surface area contributed by atoms with Gasteiger partial charge in [0.25, 0.3) is 0 Å². The third-order valence-electron chi connectivity index (χ3n) is 2.43. The Morgan fingerprint density at radius 1 is 1.42 bits per heavy atom. The summed E-state index contributed by atoms with van der Waals surface area (Å²) in [6, 6.07) is 7.38. The molecule has 2 aromatic heterocycles. The number of carbonyl (C=O) groups excluding carboxylic acids is 1. The Balaban J connectivity index is 2.24. The number of hydrogen-bond donors (Lipinski definition) is 1. The number of nitrogens with zero attached hydrogens (tertiary/aromatic N) is 4. The van der Waals surface area contributed by atoms with Crippen molar-refractivity contribution in [3.8, 4) is 5.82 Å². The van der Waals surface area contributed by atoms with Gasteiger partial charge in [0.05, 0.1) is 12.2 Å². The lowest BCUT2D eigenvalue weighted by molar-refractivity contribution is -0.116. The van der Waals surface area contributed by atoms with Crippen molar-refractivity contribution in [2.24, 2.45) is 0 Å². The van der Waals surface area contributed by atoms with E-state index in [-0.39, 0.29) is 5.91 Å². The van der Waals surface area contributed by atoms with Gasteiger partial charge >= 0.3 is 0 Å². The molecule has 0 fully saturated rings. The van der Waals surface area contributed by atoms with Gasteiger partial charge in [0.1, 0.15) is 5.82 Å². The van der Waals surface area contributed by atoms with Gasteiger partial charge in [-0.3, -0.25) is 4.79 Å². The molecule has 0 spiro atoms. The summed E-state index contributed by atoms with van der Waals surface area (Å²) in [6.45, 7) is 2.20. The molecule has 19 heavy (non-hydrogen) atoms. The Morgan fingerprint density at radius 2 is 2.21 bits per heavy atom. The van der Waals surface area contributed by atoms with E-state index in [2.05, 4.69) is 15.4 Å². The molecular formula is C13H17N5O. The molecule has 0 aliphatic rings. The first-order valence-electron chi connectivity index (χ1n) is 5.99. The summed E-state index contributed by atoms with van der Waals surface area (Å²) < 4.78 is 1.63. The molecule has 0 saturated heterocycles. The van der Waals surface area contributed by atoms with E-state index in [1.165, 1.54) is 0 Å². The van der Waals surface area contributed by atoms with E-state index in [0.29, 0.717) is 18.2 Å². The maximum absolute atomic E-state index is 11.8. The molecular weight excluding hydrogens is 242 g/mol. The Labute approximate surface area is 112 Å². The SMILES string of the molecule is Cc1cc(NC(=O)CN(C)C)n(-c2ccccn2)n1. The van der Waals surface area contributed by atoms with Crippen molar-refractivity contribution in [2.75, 3.05) is 26.0 Å². The molecule has 0 bridgehead atoms. The fourth-order valence-electron chi connectivity index (χ4n) is 1.71. The Morgan fingerprint density at radius 3 is 2.84 bits per heavy atom. The number of amides is 1. The normalized spacial score (nSPS) is 10.7. The molecule has 2 aromatic rings. The van der Waals surface area contributed by atoms with Crippen molar-refractivity contribution in [2.45, 2.75) is 6.92 Å². The van der Waals surface area contributed by atoms with Crippen LogP contribution in [0.4, 0.5) is 5.82 Å². The van der Waals surface area contributed by atoms with Gasteiger partial charge in [0.15, 0.2) is 5.82 Å². The molecule has 0 unspecified atom stereocenters. The zero-order valence-electron chi connectivity index (χ0n) is 11.3. The summed E-state index contributed by atoms with van der Waals surface area (Å²) in [5.74, 6) is 1.22. The molecule has 1 N–H and O–H groups in total. The van der Waals surface area contributed by atoms with Crippen LogP contribution in [0.5, 0.6) is 0 Å². The number of aryl methyl sites for hydroxylation is 1. The first-order valence-corrected chi connectivity index (χ1v) is 5.99. The van der Waals surface area contributed by atoms with Gasteiger partial charge in [-0.1, -0.05) is 6.07 Å². The highest BCUT2D eigenvalue weighted by Crippen LogP contribution is 2.14. The minimum atomic E-state index is -0.0814. The topological polar surface area (TPSA) is 63.1 Å². The maximum atomic E-state index is 11.8. The molecule has 2 heterocycles. The molecule has 0 saturated carbocycles. The molecule has 0 aliphatic carbocycles. The van der Waals surface area contributed by atoms with Crippen molar-refractivity contribution < 1.29 is 4.79 Å². The van der Waals surface area contributed by atoms with Crippen molar-refractivity contribution in [3.63, 3.8) is 0 Å². The van der Waals surface area contributed by atoms with E-state index >= 15 is 0 Å². The van der Waals surface area contributed by atoms with Gasteiger partial charge in [-0.15, -0.1) is 0 Å². The number of anilines is 1. The van der Waals surface area contributed by atoms with E-state index in [1.54, 1.807) is 10.9 Å². The lowest BCUT2D eigenvalue weighted by Gasteiger charge is -2.11. The van der Waals surface area contributed by atoms with Gasteiger partial charge < -0.3 is 10.2 Å². The van der Waals surface area contributed by atoms with Crippen LogP contribution in [-0.2, 0) is 4.79 Å². The monoisotopic (exact) mass is 259 g/mol. The zero-order valence-corrected chi connectivity index (χ0v) is 11.3. The van der Waals surface area contributed by atoms with E-state index < -0.39 is 0 Å². The Hall–Kier alpha value is -2.21. The van der Waals surface area contributed by atoms with Crippen LogP contribution < -0.4 is 5.32 Å². The summed E-state index contributed by atoms with van der Waals surface area (Å²) in [6.07, 6.45) is 1.69. The third-order valence-corrected chi connectivity index (χ3v) is 2.43. The van der Waals surface area contributed by atoms with Crippen molar-refractivity contribution >= 4 is 11.7 Å². The fraction of sp³-hybridized carbons (Fsp3) is 0.308. The number of pyridine rings is 1. The Kier molecular flexibility index (Phi) is 3.91. The number of aromatic nitrogens is 3. The third kappa shape index (κ3) is 3.38. The minimum absolute atomic E-state index is 0.0814. The van der Waals surface area contributed by atoms with Crippen molar-refractivity contribution in [1.29, 1.82) is 0 Å². The Bertz CT molecular complexity index is 562. The van der Waals surface area contributed by atoms with Crippen LogP contribution in [0.15, 0.2) is 30.5 Å². The molecule has 0 radical (unpaired) electrons. The van der Waals surface area contributed by atoms with Crippen LogP contribution >= 0.6 is 0 Å². The second-order valence-electron chi connectivity index (χ2n) is 4.56. The molecule has 6 nitrogen and oxygen atoms in total. The molecule has 2 rings (SSSR count). The van der Waals surface area contributed by atoms with Crippen LogP contribution in [-0.4, -0.2) is 46.2 Å². The molecule has 100 valence electrons.